The smallest absolute Gasteiger partial charge is 0.432 e. The summed E-state index contributed by atoms with van der Waals surface area (Å²) in [6.07, 6.45) is 0.617. The number of hydrogen-bond donors (Lipinski definition) is 0. The van der Waals surface area contributed by atoms with Gasteiger partial charge in [0.15, 0.2) is 0 Å². The van der Waals surface area contributed by atoms with Crippen LogP contribution in [-0.4, -0.2) is 27.5 Å². The molecule has 0 bridgehead atoms. The molecular weight excluding hydrogens is 410 g/mol. The van der Waals surface area contributed by atoms with E-state index in [-0.39, 0.29) is 43.0 Å². The molecule has 1 heterocycles. The second-order valence-corrected chi connectivity index (χ2v) is 6.61. The van der Waals surface area contributed by atoms with Crippen LogP contribution < -0.4 is 4.74 Å². The van der Waals surface area contributed by atoms with E-state index in [0.717, 1.165) is 0 Å². The topological polar surface area (TPSA) is 95.7 Å². The zero-order chi connectivity index (χ0) is 22.1. The van der Waals surface area contributed by atoms with Gasteiger partial charge in [-0.1, -0.05) is 30.3 Å². The first-order valence-electron chi connectivity index (χ1n) is 9.56. The second-order valence-electron chi connectivity index (χ2n) is 6.61. The standard InChI is InChI=1S/C21H20F2N4O4/c22-21(23,16-5-2-1-3-6-16)12-4-7-19-24-15-25-27(19)13-14-30-20(28)31-18-10-8-17(26-29)9-11-18/h1-3,5-6,8-11,15H,4,7,12-14H2. The predicted molar refractivity (Wildman–Crippen MR) is 107 cm³/mol. The van der Waals surface area contributed by atoms with E-state index in [2.05, 4.69) is 15.3 Å². The lowest BCUT2D eigenvalue weighted by molar-refractivity contribution is -0.0153. The van der Waals surface area contributed by atoms with Gasteiger partial charge in [0, 0.05) is 18.4 Å². The lowest BCUT2D eigenvalue weighted by Gasteiger charge is -2.16. The third-order valence-corrected chi connectivity index (χ3v) is 4.45. The van der Waals surface area contributed by atoms with E-state index < -0.39 is 12.1 Å². The Bertz CT molecular complexity index is 994. The molecule has 2 aromatic carbocycles. The minimum Gasteiger partial charge on any atom is -0.432 e. The average Bonchev–Trinajstić information content (AvgIpc) is 3.22. The predicted octanol–water partition coefficient (Wildman–Crippen LogP) is 5.01. The van der Waals surface area contributed by atoms with Crippen molar-refractivity contribution < 1.29 is 23.0 Å². The van der Waals surface area contributed by atoms with Gasteiger partial charge in [0.1, 0.15) is 30.2 Å². The third kappa shape index (κ3) is 6.39. The van der Waals surface area contributed by atoms with Gasteiger partial charge in [-0.05, 0) is 35.9 Å². The lowest BCUT2D eigenvalue weighted by atomic mass is 10.0. The molecule has 10 heteroatoms. The molecule has 0 amide bonds. The van der Waals surface area contributed by atoms with Gasteiger partial charge in [-0.3, -0.25) is 0 Å². The molecule has 1 aromatic heterocycles. The summed E-state index contributed by atoms with van der Waals surface area (Å²) >= 11 is 0. The minimum absolute atomic E-state index is 0.0135. The highest BCUT2D eigenvalue weighted by atomic mass is 19.3. The number of ether oxygens (including phenoxy) is 2. The molecule has 0 radical (unpaired) electrons. The van der Waals surface area contributed by atoms with E-state index in [1.54, 1.807) is 18.2 Å². The van der Waals surface area contributed by atoms with Crippen LogP contribution in [0, 0.1) is 4.91 Å². The highest BCUT2D eigenvalue weighted by Crippen LogP contribution is 2.33. The number of aryl methyl sites for hydroxylation is 1. The maximum absolute atomic E-state index is 14.3. The Morgan fingerprint density at radius 3 is 2.55 bits per heavy atom. The van der Waals surface area contributed by atoms with Gasteiger partial charge in [-0.2, -0.15) is 5.10 Å². The number of nitrogens with zero attached hydrogens (tertiary/aromatic N) is 4. The van der Waals surface area contributed by atoms with Crippen molar-refractivity contribution >= 4 is 11.8 Å². The van der Waals surface area contributed by atoms with E-state index in [9.17, 15) is 18.5 Å². The van der Waals surface area contributed by atoms with E-state index in [0.29, 0.717) is 12.2 Å². The average molecular weight is 430 g/mol. The molecule has 0 unspecified atom stereocenters. The van der Waals surface area contributed by atoms with Crippen LogP contribution in [-0.2, 0) is 23.6 Å². The number of halogens is 2. The maximum Gasteiger partial charge on any atom is 0.513 e. The Morgan fingerprint density at radius 2 is 1.84 bits per heavy atom. The van der Waals surface area contributed by atoms with Gasteiger partial charge in [0.2, 0.25) is 0 Å². The number of alkyl halides is 2. The largest absolute Gasteiger partial charge is 0.513 e. The van der Waals surface area contributed by atoms with Crippen LogP contribution in [0.25, 0.3) is 0 Å². The van der Waals surface area contributed by atoms with Gasteiger partial charge in [0.25, 0.3) is 5.92 Å². The Balaban J connectivity index is 1.42. The van der Waals surface area contributed by atoms with Crippen molar-refractivity contribution in [1.29, 1.82) is 0 Å². The number of carbonyl (C=O) groups excluding carboxylic acids is 1. The van der Waals surface area contributed by atoms with Crippen molar-refractivity contribution in [1.82, 2.24) is 14.8 Å². The van der Waals surface area contributed by atoms with Crippen LogP contribution >= 0.6 is 0 Å². The molecule has 0 fully saturated rings. The summed E-state index contributed by atoms with van der Waals surface area (Å²) in [4.78, 5) is 26.2. The number of hydrogen-bond acceptors (Lipinski definition) is 7. The van der Waals surface area contributed by atoms with Gasteiger partial charge in [-0.25, -0.2) is 23.2 Å². The maximum atomic E-state index is 14.3. The van der Waals surface area contributed by atoms with Crippen molar-refractivity contribution in [3.05, 3.63) is 77.2 Å². The Hall–Kier alpha value is -3.69. The fourth-order valence-corrected chi connectivity index (χ4v) is 2.88. The van der Waals surface area contributed by atoms with E-state index in [4.69, 9.17) is 9.47 Å². The number of carbonyl (C=O) groups is 1. The fraction of sp³-hybridized carbons (Fsp3) is 0.286. The van der Waals surface area contributed by atoms with E-state index in [1.165, 1.54) is 47.4 Å². The first kappa shape index (κ1) is 22.0. The van der Waals surface area contributed by atoms with Gasteiger partial charge < -0.3 is 9.47 Å². The third-order valence-electron chi connectivity index (χ3n) is 4.45. The molecule has 0 saturated carbocycles. The molecule has 0 aliphatic rings. The van der Waals surface area contributed by atoms with Crippen LogP contribution in [0.2, 0.25) is 0 Å². The van der Waals surface area contributed by atoms with Crippen LogP contribution in [0.4, 0.5) is 19.3 Å². The quantitative estimate of drug-likeness (QED) is 0.255. The van der Waals surface area contributed by atoms with Crippen LogP contribution in [0.1, 0.15) is 24.2 Å². The number of benzene rings is 2. The summed E-state index contributed by atoms with van der Waals surface area (Å²) in [5.74, 6) is -2.19. The summed E-state index contributed by atoms with van der Waals surface area (Å²) < 4.78 is 40.0. The molecule has 8 nitrogen and oxygen atoms in total. The number of aromatic nitrogens is 3. The van der Waals surface area contributed by atoms with E-state index >= 15 is 0 Å². The number of rotatable bonds is 10. The molecule has 0 spiro atoms. The summed E-state index contributed by atoms with van der Waals surface area (Å²) in [6.45, 7) is 0.164. The van der Waals surface area contributed by atoms with Crippen LogP contribution in [0.5, 0.6) is 5.75 Å². The first-order valence-corrected chi connectivity index (χ1v) is 9.56. The Morgan fingerprint density at radius 1 is 1.10 bits per heavy atom. The Kier molecular flexibility index (Phi) is 7.36. The second kappa shape index (κ2) is 10.4. The molecule has 0 aliphatic heterocycles. The molecule has 0 saturated heterocycles. The number of nitroso groups, excluding NO2 is 1. The fourth-order valence-electron chi connectivity index (χ4n) is 2.88. The molecule has 0 aliphatic carbocycles. The lowest BCUT2D eigenvalue weighted by Crippen LogP contribution is -2.17. The van der Waals surface area contributed by atoms with Gasteiger partial charge >= 0.3 is 6.16 Å². The van der Waals surface area contributed by atoms with Crippen molar-refractivity contribution in [3.63, 3.8) is 0 Å². The highest BCUT2D eigenvalue weighted by Gasteiger charge is 2.30. The molecule has 0 atom stereocenters. The van der Waals surface area contributed by atoms with Crippen molar-refractivity contribution in [3.8, 4) is 5.75 Å². The normalized spacial score (nSPS) is 11.2. The minimum atomic E-state index is -2.92. The monoisotopic (exact) mass is 430 g/mol. The van der Waals surface area contributed by atoms with Crippen LogP contribution in [0.3, 0.4) is 0 Å². The summed E-state index contributed by atoms with van der Waals surface area (Å²) in [5, 5.41) is 6.78. The molecule has 3 rings (SSSR count). The summed E-state index contributed by atoms with van der Waals surface area (Å²) in [5.41, 5.74) is 0.196. The first-order chi connectivity index (χ1) is 15.0. The van der Waals surface area contributed by atoms with Crippen molar-refractivity contribution in [2.75, 3.05) is 6.61 Å². The van der Waals surface area contributed by atoms with Crippen molar-refractivity contribution in [2.45, 2.75) is 31.7 Å². The van der Waals surface area contributed by atoms with Crippen LogP contribution in [0.15, 0.2) is 66.1 Å². The molecular formula is C21H20F2N4O4. The SMILES string of the molecule is O=Nc1ccc(OC(=O)OCCn2ncnc2CCCC(F)(F)c2ccccc2)cc1. The molecule has 162 valence electrons. The van der Waals surface area contributed by atoms with E-state index in [1.807, 2.05) is 0 Å². The Labute approximate surface area is 176 Å². The summed E-state index contributed by atoms with van der Waals surface area (Å²) in [7, 11) is 0. The molecule has 31 heavy (non-hydrogen) atoms. The zero-order valence-corrected chi connectivity index (χ0v) is 16.5. The van der Waals surface area contributed by atoms with Gasteiger partial charge in [-0.15, -0.1) is 4.91 Å². The van der Waals surface area contributed by atoms with Gasteiger partial charge in [0.05, 0.1) is 6.54 Å². The highest BCUT2D eigenvalue weighted by molar-refractivity contribution is 5.64. The molecule has 3 aromatic rings. The summed E-state index contributed by atoms with van der Waals surface area (Å²) in [6, 6.07) is 13.3. The zero-order valence-electron chi connectivity index (χ0n) is 16.5. The molecule has 0 N–H and O–H groups in total. The van der Waals surface area contributed by atoms with Crippen molar-refractivity contribution in [2.24, 2.45) is 5.18 Å².